The third-order valence-electron chi connectivity index (χ3n) is 3.17. The SMILES string of the molecule is CCC(Nc1cc(Br)ccc1OC)c1ccc(Br)cc1. The molecule has 106 valence electrons. The maximum absolute atomic E-state index is 5.41. The first kappa shape index (κ1) is 15.4. The fraction of sp³-hybridized carbons (Fsp3) is 0.250. The number of ether oxygens (including phenoxy) is 1. The Morgan fingerprint density at radius 1 is 1.05 bits per heavy atom. The van der Waals surface area contributed by atoms with Gasteiger partial charge < -0.3 is 10.1 Å². The van der Waals surface area contributed by atoms with Crippen molar-refractivity contribution in [1.82, 2.24) is 0 Å². The van der Waals surface area contributed by atoms with Gasteiger partial charge in [-0.25, -0.2) is 0 Å². The molecular weight excluding hydrogens is 382 g/mol. The Balaban J connectivity index is 2.26. The highest BCUT2D eigenvalue weighted by atomic mass is 79.9. The van der Waals surface area contributed by atoms with E-state index in [9.17, 15) is 0 Å². The summed E-state index contributed by atoms with van der Waals surface area (Å²) in [7, 11) is 1.69. The third-order valence-corrected chi connectivity index (χ3v) is 4.19. The van der Waals surface area contributed by atoms with Crippen LogP contribution in [0.1, 0.15) is 24.9 Å². The molecule has 0 fully saturated rings. The van der Waals surface area contributed by atoms with Gasteiger partial charge in [0.1, 0.15) is 5.75 Å². The van der Waals surface area contributed by atoms with Gasteiger partial charge in [-0.15, -0.1) is 0 Å². The van der Waals surface area contributed by atoms with E-state index in [1.807, 2.05) is 18.2 Å². The van der Waals surface area contributed by atoms with Gasteiger partial charge in [0.2, 0.25) is 0 Å². The van der Waals surface area contributed by atoms with Crippen molar-refractivity contribution in [3.05, 3.63) is 57.0 Å². The fourth-order valence-corrected chi connectivity index (χ4v) is 2.72. The number of anilines is 1. The lowest BCUT2D eigenvalue weighted by molar-refractivity contribution is 0.416. The number of rotatable bonds is 5. The van der Waals surface area contributed by atoms with Crippen LogP contribution in [0, 0.1) is 0 Å². The smallest absolute Gasteiger partial charge is 0.142 e. The van der Waals surface area contributed by atoms with Crippen molar-refractivity contribution in [2.45, 2.75) is 19.4 Å². The van der Waals surface area contributed by atoms with Gasteiger partial charge in [-0.3, -0.25) is 0 Å². The topological polar surface area (TPSA) is 21.3 Å². The number of nitrogens with one attached hydrogen (secondary N) is 1. The molecule has 2 aromatic carbocycles. The van der Waals surface area contributed by atoms with Crippen LogP contribution in [0.3, 0.4) is 0 Å². The Morgan fingerprint density at radius 3 is 2.30 bits per heavy atom. The zero-order valence-electron chi connectivity index (χ0n) is 11.5. The molecule has 0 heterocycles. The van der Waals surface area contributed by atoms with Gasteiger partial charge in [-0.1, -0.05) is 50.9 Å². The Morgan fingerprint density at radius 2 is 1.70 bits per heavy atom. The van der Waals surface area contributed by atoms with Gasteiger partial charge in [-0.05, 0) is 42.3 Å². The number of methoxy groups -OCH3 is 1. The van der Waals surface area contributed by atoms with Gasteiger partial charge in [-0.2, -0.15) is 0 Å². The Kier molecular flexibility index (Phi) is 5.49. The molecule has 2 nitrogen and oxygen atoms in total. The van der Waals surface area contributed by atoms with Crippen molar-refractivity contribution in [1.29, 1.82) is 0 Å². The highest BCUT2D eigenvalue weighted by molar-refractivity contribution is 9.10. The Hall–Kier alpha value is -1.00. The largest absolute Gasteiger partial charge is 0.495 e. The summed E-state index contributed by atoms with van der Waals surface area (Å²) in [6.07, 6.45) is 0.997. The average molecular weight is 399 g/mol. The monoisotopic (exact) mass is 397 g/mol. The molecule has 0 saturated heterocycles. The predicted octanol–water partition coefficient (Wildman–Crippen LogP) is 5.78. The number of hydrogen-bond acceptors (Lipinski definition) is 2. The summed E-state index contributed by atoms with van der Waals surface area (Å²) in [4.78, 5) is 0. The summed E-state index contributed by atoms with van der Waals surface area (Å²) >= 11 is 6.97. The summed E-state index contributed by atoms with van der Waals surface area (Å²) in [6, 6.07) is 14.6. The quantitative estimate of drug-likeness (QED) is 0.688. The summed E-state index contributed by atoms with van der Waals surface area (Å²) in [5.41, 5.74) is 2.26. The van der Waals surface area contributed by atoms with E-state index in [0.717, 1.165) is 26.8 Å². The molecule has 0 aliphatic carbocycles. The van der Waals surface area contributed by atoms with Gasteiger partial charge in [0.05, 0.1) is 18.8 Å². The van der Waals surface area contributed by atoms with E-state index in [-0.39, 0.29) is 6.04 Å². The lowest BCUT2D eigenvalue weighted by Gasteiger charge is -2.21. The number of benzene rings is 2. The Labute approximate surface area is 136 Å². The molecule has 0 saturated carbocycles. The predicted molar refractivity (Wildman–Crippen MR) is 91.5 cm³/mol. The van der Waals surface area contributed by atoms with Crippen LogP contribution in [0.4, 0.5) is 5.69 Å². The van der Waals surface area contributed by atoms with E-state index in [0.29, 0.717) is 0 Å². The lowest BCUT2D eigenvalue weighted by Crippen LogP contribution is -2.10. The third kappa shape index (κ3) is 3.76. The van der Waals surface area contributed by atoms with Gasteiger partial charge in [0.25, 0.3) is 0 Å². The first-order chi connectivity index (χ1) is 9.63. The van der Waals surface area contributed by atoms with Crippen LogP contribution >= 0.6 is 31.9 Å². The summed E-state index contributed by atoms with van der Waals surface area (Å²) in [6.45, 7) is 2.17. The summed E-state index contributed by atoms with van der Waals surface area (Å²) in [5, 5.41) is 3.55. The molecule has 1 N–H and O–H groups in total. The molecule has 4 heteroatoms. The second-order valence-corrected chi connectivity index (χ2v) is 6.33. The Bertz CT molecular complexity index is 569. The van der Waals surface area contributed by atoms with Gasteiger partial charge in [0, 0.05) is 8.95 Å². The van der Waals surface area contributed by atoms with Crippen LogP contribution in [0.2, 0.25) is 0 Å². The lowest BCUT2D eigenvalue weighted by atomic mass is 10.0. The molecule has 0 aromatic heterocycles. The molecule has 0 aliphatic heterocycles. The minimum Gasteiger partial charge on any atom is -0.495 e. The fourth-order valence-electron chi connectivity index (χ4n) is 2.10. The normalized spacial score (nSPS) is 12.0. The van der Waals surface area contributed by atoms with E-state index < -0.39 is 0 Å². The molecule has 0 spiro atoms. The molecule has 0 aliphatic rings. The molecule has 20 heavy (non-hydrogen) atoms. The highest BCUT2D eigenvalue weighted by Crippen LogP contribution is 2.32. The van der Waals surface area contributed by atoms with Crippen LogP contribution in [0.5, 0.6) is 5.75 Å². The van der Waals surface area contributed by atoms with E-state index in [4.69, 9.17) is 4.74 Å². The van der Waals surface area contributed by atoms with E-state index in [2.05, 4.69) is 68.4 Å². The molecular formula is C16H17Br2NO. The maximum Gasteiger partial charge on any atom is 0.142 e. The number of hydrogen-bond donors (Lipinski definition) is 1. The van der Waals surface area contributed by atoms with E-state index in [1.165, 1.54) is 5.56 Å². The first-order valence-corrected chi connectivity index (χ1v) is 8.08. The van der Waals surface area contributed by atoms with E-state index in [1.54, 1.807) is 7.11 Å². The molecule has 0 amide bonds. The van der Waals surface area contributed by atoms with Crippen molar-refractivity contribution in [2.75, 3.05) is 12.4 Å². The van der Waals surface area contributed by atoms with Crippen LogP contribution in [0.25, 0.3) is 0 Å². The van der Waals surface area contributed by atoms with Gasteiger partial charge in [0.15, 0.2) is 0 Å². The minimum atomic E-state index is 0.256. The minimum absolute atomic E-state index is 0.256. The molecule has 1 unspecified atom stereocenters. The molecule has 0 radical (unpaired) electrons. The van der Waals surface area contributed by atoms with Crippen molar-refractivity contribution in [3.63, 3.8) is 0 Å². The second kappa shape index (κ2) is 7.14. The highest BCUT2D eigenvalue weighted by Gasteiger charge is 2.12. The van der Waals surface area contributed by atoms with E-state index >= 15 is 0 Å². The second-order valence-electron chi connectivity index (χ2n) is 4.50. The first-order valence-electron chi connectivity index (χ1n) is 6.49. The zero-order chi connectivity index (χ0) is 14.5. The molecule has 2 aromatic rings. The summed E-state index contributed by atoms with van der Waals surface area (Å²) in [5.74, 6) is 0.851. The summed E-state index contributed by atoms with van der Waals surface area (Å²) < 4.78 is 7.54. The van der Waals surface area contributed by atoms with Crippen molar-refractivity contribution >= 4 is 37.5 Å². The average Bonchev–Trinajstić information content (AvgIpc) is 2.46. The van der Waals surface area contributed by atoms with Crippen LogP contribution in [-0.2, 0) is 0 Å². The standard InChI is InChI=1S/C16H17Br2NO/c1-3-14(11-4-6-12(17)7-5-11)19-15-10-13(18)8-9-16(15)20-2/h4-10,14,19H,3H2,1-2H3. The maximum atomic E-state index is 5.41. The number of halogens is 2. The zero-order valence-corrected chi connectivity index (χ0v) is 14.7. The molecule has 2 rings (SSSR count). The van der Waals surface area contributed by atoms with Crippen molar-refractivity contribution in [2.24, 2.45) is 0 Å². The van der Waals surface area contributed by atoms with Crippen molar-refractivity contribution < 1.29 is 4.74 Å². The van der Waals surface area contributed by atoms with Crippen LogP contribution in [0.15, 0.2) is 51.4 Å². The molecule has 0 bridgehead atoms. The van der Waals surface area contributed by atoms with Crippen LogP contribution < -0.4 is 10.1 Å². The molecule has 1 atom stereocenters. The van der Waals surface area contributed by atoms with Crippen LogP contribution in [-0.4, -0.2) is 7.11 Å². The van der Waals surface area contributed by atoms with Crippen molar-refractivity contribution in [3.8, 4) is 5.75 Å². The van der Waals surface area contributed by atoms with Gasteiger partial charge >= 0.3 is 0 Å².